The number of hydrogen-bond donors (Lipinski definition) is 1. The van der Waals surface area contributed by atoms with Crippen molar-refractivity contribution in [2.45, 2.75) is 6.54 Å². The third-order valence-electron chi connectivity index (χ3n) is 2.78. The first-order valence-electron chi connectivity index (χ1n) is 6.64. The maximum atomic E-state index is 11.2. The van der Waals surface area contributed by atoms with Crippen molar-refractivity contribution in [2.75, 3.05) is 46.0 Å². The predicted molar refractivity (Wildman–Crippen MR) is 81.8 cm³/mol. The van der Waals surface area contributed by atoms with E-state index in [0.717, 1.165) is 12.1 Å². The van der Waals surface area contributed by atoms with Gasteiger partial charge in [-0.25, -0.2) is 8.42 Å². The van der Waals surface area contributed by atoms with Gasteiger partial charge in [0.15, 0.2) is 21.3 Å². The number of methoxy groups -OCH3 is 2. The molecule has 120 valence electrons. The summed E-state index contributed by atoms with van der Waals surface area (Å²) in [5.41, 5.74) is 0.916. The van der Waals surface area contributed by atoms with Crippen molar-refractivity contribution >= 4 is 9.84 Å². The third kappa shape index (κ3) is 6.79. The highest BCUT2D eigenvalue weighted by atomic mass is 32.2. The van der Waals surface area contributed by atoms with Crippen LogP contribution in [0.5, 0.6) is 11.5 Å². The molecule has 7 heteroatoms. The van der Waals surface area contributed by atoms with Crippen LogP contribution in [0.2, 0.25) is 0 Å². The van der Waals surface area contributed by atoms with E-state index in [2.05, 4.69) is 5.32 Å². The molecule has 0 unspecified atom stereocenters. The molecular weight excluding hydrogens is 294 g/mol. The van der Waals surface area contributed by atoms with E-state index in [4.69, 9.17) is 14.2 Å². The molecule has 1 rings (SSSR count). The molecule has 0 aliphatic rings. The minimum absolute atomic E-state index is 0.0262. The largest absolute Gasteiger partial charge is 0.493 e. The molecule has 0 heterocycles. The zero-order valence-electron chi connectivity index (χ0n) is 12.7. The van der Waals surface area contributed by atoms with Crippen LogP contribution in [-0.2, 0) is 21.1 Å². The van der Waals surface area contributed by atoms with Gasteiger partial charge in [0, 0.05) is 32.0 Å². The van der Waals surface area contributed by atoms with Crippen LogP contribution in [0, 0.1) is 0 Å². The summed E-state index contributed by atoms with van der Waals surface area (Å²) in [6, 6.07) is 5.57. The van der Waals surface area contributed by atoms with Crippen molar-refractivity contribution in [1.82, 2.24) is 5.32 Å². The van der Waals surface area contributed by atoms with Crippen LogP contribution in [0.1, 0.15) is 5.56 Å². The second-order valence-electron chi connectivity index (χ2n) is 4.60. The summed E-state index contributed by atoms with van der Waals surface area (Å²) in [6.45, 7) is 2.03. The first kappa shape index (κ1) is 17.7. The third-order valence-corrected chi connectivity index (χ3v) is 3.69. The van der Waals surface area contributed by atoms with E-state index in [9.17, 15) is 8.42 Å². The Bertz CT molecular complexity index is 530. The molecule has 21 heavy (non-hydrogen) atoms. The summed E-state index contributed by atoms with van der Waals surface area (Å²) in [4.78, 5) is 0. The average Bonchev–Trinajstić information content (AvgIpc) is 2.43. The maximum Gasteiger partial charge on any atom is 0.165 e. The molecule has 1 aromatic carbocycles. The molecule has 0 bridgehead atoms. The maximum absolute atomic E-state index is 11.2. The predicted octanol–water partition coefficient (Wildman–Crippen LogP) is 0.855. The normalized spacial score (nSPS) is 11.4. The van der Waals surface area contributed by atoms with Crippen molar-refractivity contribution in [3.8, 4) is 11.5 Å². The van der Waals surface area contributed by atoms with Gasteiger partial charge in [0.2, 0.25) is 0 Å². The topological polar surface area (TPSA) is 73.9 Å². The summed E-state index contributed by atoms with van der Waals surface area (Å²) < 4.78 is 38.2. The van der Waals surface area contributed by atoms with Crippen LogP contribution in [0.3, 0.4) is 0 Å². The van der Waals surface area contributed by atoms with Gasteiger partial charge in [0.25, 0.3) is 0 Å². The Morgan fingerprint density at radius 1 is 1.19 bits per heavy atom. The van der Waals surface area contributed by atoms with E-state index in [1.54, 1.807) is 20.3 Å². The van der Waals surface area contributed by atoms with Crippen LogP contribution in [-0.4, -0.2) is 54.4 Å². The van der Waals surface area contributed by atoms with Gasteiger partial charge < -0.3 is 19.5 Å². The molecule has 0 aliphatic carbocycles. The van der Waals surface area contributed by atoms with Gasteiger partial charge in [-0.1, -0.05) is 12.1 Å². The van der Waals surface area contributed by atoms with E-state index in [0.29, 0.717) is 24.7 Å². The molecule has 1 aromatic rings. The Kier molecular flexibility index (Phi) is 7.49. The first-order valence-corrected chi connectivity index (χ1v) is 8.70. The Morgan fingerprint density at radius 3 is 2.57 bits per heavy atom. The molecule has 0 saturated heterocycles. The van der Waals surface area contributed by atoms with Crippen molar-refractivity contribution in [2.24, 2.45) is 0 Å². The van der Waals surface area contributed by atoms with Gasteiger partial charge in [-0.3, -0.25) is 0 Å². The SMILES string of the molecule is COCCNCc1cccc(OC)c1OCCS(C)(=O)=O. The summed E-state index contributed by atoms with van der Waals surface area (Å²) in [7, 11) is 0.153. The van der Waals surface area contributed by atoms with E-state index in [1.165, 1.54) is 6.26 Å². The van der Waals surface area contributed by atoms with Crippen LogP contribution in [0.4, 0.5) is 0 Å². The Labute approximate surface area is 126 Å². The van der Waals surface area contributed by atoms with E-state index in [-0.39, 0.29) is 12.4 Å². The number of sulfone groups is 1. The van der Waals surface area contributed by atoms with Crippen molar-refractivity contribution in [1.29, 1.82) is 0 Å². The van der Waals surface area contributed by atoms with Gasteiger partial charge in [0.05, 0.1) is 19.5 Å². The van der Waals surface area contributed by atoms with E-state index in [1.807, 2.05) is 12.1 Å². The van der Waals surface area contributed by atoms with Crippen LogP contribution in [0.25, 0.3) is 0 Å². The highest BCUT2D eigenvalue weighted by Crippen LogP contribution is 2.31. The van der Waals surface area contributed by atoms with E-state index < -0.39 is 9.84 Å². The summed E-state index contributed by atoms with van der Waals surface area (Å²) in [6.07, 6.45) is 1.19. The smallest absolute Gasteiger partial charge is 0.165 e. The molecule has 0 amide bonds. The fourth-order valence-corrected chi connectivity index (χ4v) is 2.10. The quantitative estimate of drug-likeness (QED) is 0.645. The molecule has 1 N–H and O–H groups in total. The lowest BCUT2D eigenvalue weighted by Crippen LogP contribution is -2.20. The summed E-state index contributed by atoms with van der Waals surface area (Å²) in [5.74, 6) is 1.14. The monoisotopic (exact) mass is 317 g/mol. The van der Waals surface area contributed by atoms with Gasteiger partial charge in [-0.2, -0.15) is 0 Å². The molecule has 0 aliphatic heterocycles. The van der Waals surface area contributed by atoms with Gasteiger partial charge in [-0.05, 0) is 6.07 Å². The second-order valence-corrected chi connectivity index (χ2v) is 6.86. The standard InChI is InChI=1S/C14H23NO5S/c1-18-8-7-15-11-12-5-4-6-13(19-2)14(12)20-9-10-21(3,16)17/h4-6,15H,7-11H2,1-3H3. The highest BCUT2D eigenvalue weighted by molar-refractivity contribution is 7.90. The molecule has 6 nitrogen and oxygen atoms in total. The van der Waals surface area contributed by atoms with Crippen molar-refractivity contribution in [3.63, 3.8) is 0 Å². The lowest BCUT2D eigenvalue weighted by atomic mass is 10.2. The van der Waals surface area contributed by atoms with E-state index >= 15 is 0 Å². The fraction of sp³-hybridized carbons (Fsp3) is 0.571. The average molecular weight is 317 g/mol. The molecular formula is C14H23NO5S. The molecule has 0 aromatic heterocycles. The fourth-order valence-electron chi connectivity index (χ4n) is 1.72. The first-order chi connectivity index (χ1) is 9.98. The lowest BCUT2D eigenvalue weighted by molar-refractivity contribution is 0.199. The van der Waals surface area contributed by atoms with Crippen LogP contribution in [0.15, 0.2) is 18.2 Å². The van der Waals surface area contributed by atoms with Crippen molar-refractivity contribution < 1.29 is 22.6 Å². The van der Waals surface area contributed by atoms with Crippen molar-refractivity contribution in [3.05, 3.63) is 23.8 Å². The lowest BCUT2D eigenvalue weighted by Gasteiger charge is -2.15. The Balaban J connectivity index is 2.72. The molecule has 0 saturated carbocycles. The molecule has 0 spiro atoms. The summed E-state index contributed by atoms with van der Waals surface area (Å²) in [5, 5.41) is 3.22. The number of rotatable bonds is 10. The van der Waals surface area contributed by atoms with Crippen LogP contribution < -0.4 is 14.8 Å². The number of hydrogen-bond acceptors (Lipinski definition) is 6. The Morgan fingerprint density at radius 2 is 1.95 bits per heavy atom. The van der Waals surface area contributed by atoms with Gasteiger partial charge in [-0.15, -0.1) is 0 Å². The highest BCUT2D eigenvalue weighted by Gasteiger charge is 2.11. The zero-order valence-corrected chi connectivity index (χ0v) is 13.5. The number of para-hydroxylation sites is 1. The Hall–Kier alpha value is -1.31. The minimum atomic E-state index is -3.05. The number of nitrogens with one attached hydrogen (secondary N) is 1. The van der Waals surface area contributed by atoms with Gasteiger partial charge in [0.1, 0.15) is 6.61 Å². The van der Waals surface area contributed by atoms with Crippen LogP contribution >= 0.6 is 0 Å². The molecule has 0 fully saturated rings. The summed E-state index contributed by atoms with van der Waals surface area (Å²) >= 11 is 0. The number of benzene rings is 1. The second kappa shape index (κ2) is 8.86. The zero-order chi connectivity index (χ0) is 15.7. The number of ether oxygens (including phenoxy) is 3. The molecule has 0 atom stereocenters. The minimum Gasteiger partial charge on any atom is -0.493 e. The van der Waals surface area contributed by atoms with Gasteiger partial charge >= 0.3 is 0 Å². The molecule has 0 radical (unpaired) electrons.